The van der Waals surface area contributed by atoms with Gasteiger partial charge < -0.3 is 10.3 Å². The van der Waals surface area contributed by atoms with Crippen molar-refractivity contribution in [1.29, 1.82) is 0 Å². The van der Waals surface area contributed by atoms with Gasteiger partial charge in [-0.05, 0) is 13.0 Å². The SMILES string of the molecule is CCCNC(c1cncnc1)c1ncc[nH]1. The molecule has 0 spiro atoms. The normalized spacial score (nSPS) is 12.6. The van der Waals surface area contributed by atoms with Crippen LogP contribution in [0.2, 0.25) is 0 Å². The zero-order valence-corrected chi connectivity index (χ0v) is 9.22. The lowest BCUT2D eigenvalue weighted by Gasteiger charge is -2.15. The number of hydrogen-bond donors (Lipinski definition) is 2. The van der Waals surface area contributed by atoms with Crippen LogP contribution in [0.5, 0.6) is 0 Å². The second kappa shape index (κ2) is 5.37. The Morgan fingerprint density at radius 2 is 2.19 bits per heavy atom. The Morgan fingerprint density at radius 3 is 2.81 bits per heavy atom. The lowest BCUT2D eigenvalue weighted by atomic mass is 10.1. The molecular formula is C11H15N5. The predicted octanol–water partition coefficient (Wildman–Crippen LogP) is 1.29. The summed E-state index contributed by atoms with van der Waals surface area (Å²) in [6, 6.07) is 0.0381. The van der Waals surface area contributed by atoms with Gasteiger partial charge in [0.2, 0.25) is 0 Å². The monoisotopic (exact) mass is 217 g/mol. The van der Waals surface area contributed by atoms with E-state index in [0.29, 0.717) is 0 Å². The molecule has 5 nitrogen and oxygen atoms in total. The van der Waals surface area contributed by atoms with Crippen LogP contribution in [0.15, 0.2) is 31.1 Å². The minimum absolute atomic E-state index is 0.0381. The molecule has 2 heterocycles. The molecule has 0 aliphatic heterocycles. The molecule has 2 rings (SSSR count). The fourth-order valence-corrected chi connectivity index (χ4v) is 1.56. The minimum atomic E-state index is 0.0381. The lowest BCUT2D eigenvalue weighted by Crippen LogP contribution is -2.24. The van der Waals surface area contributed by atoms with Crippen molar-refractivity contribution in [3.63, 3.8) is 0 Å². The van der Waals surface area contributed by atoms with Crippen molar-refractivity contribution in [2.45, 2.75) is 19.4 Å². The summed E-state index contributed by atoms with van der Waals surface area (Å²) in [4.78, 5) is 15.4. The number of aromatic nitrogens is 4. The first-order chi connectivity index (χ1) is 7.92. The highest BCUT2D eigenvalue weighted by Gasteiger charge is 2.15. The Morgan fingerprint density at radius 1 is 1.38 bits per heavy atom. The van der Waals surface area contributed by atoms with Crippen LogP contribution in [-0.4, -0.2) is 26.5 Å². The summed E-state index contributed by atoms with van der Waals surface area (Å²) in [6.07, 6.45) is 9.79. The van der Waals surface area contributed by atoms with E-state index >= 15 is 0 Å². The molecule has 0 aliphatic rings. The molecule has 0 radical (unpaired) electrons. The zero-order chi connectivity index (χ0) is 11.2. The molecule has 84 valence electrons. The first-order valence-corrected chi connectivity index (χ1v) is 5.39. The molecule has 0 aliphatic carbocycles. The second-order valence-corrected chi connectivity index (χ2v) is 3.53. The molecule has 0 bridgehead atoms. The van der Waals surface area contributed by atoms with Gasteiger partial charge >= 0.3 is 0 Å². The topological polar surface area (TPSA) is 66.5 Å². The van der Waals surface area contributed by atoms with Crippen molar-refractivity contribution >= 4 is 0 Å². The standard InChI is InChI=1S/C11H15N5/c1-2-3-14-10(11-15-4-5-16-11)9-6-12-8-13-7-9/h4-8,10,14H,2-3H2,1H3,(H,15,16). The van der Waals surface area contributed by atoms with E-state index in [-0.39, 0.29) is 6.04 Å². The largest absolute Gasteiger partial charge is 0.347 e. The van der Waals surface area contributed by atoms with Crippen molar-refractivity contribution in [2.75, 3.05) is 6.54 Å². The van der Waals surface area contributed by atoms with Gasteiger partial charge in [-0.1, -0.05) is 6.92 Å². The summed E-state index contributed by atoms with van der Waals surface area (Å²) in [5.74, 6) is 0.892. The summed E-state index contributed by atoms with van der Waals surface area (Å²) >= 11 is 0. The van der Waals surface area contributed by atoms with Gasteiger partial charge in [0.1, 0.15) is 12.2 Å². The van der Waals surface area contributed by atoms with Crippen LogP contribution in [0, 0.1) is 0 Å². The van der Waals surface area contributed by atoms with E-state index in [1.807, 2.05) is 18.6 Å². The summed E-state index contributed by atoms with van der Waals surface area (Å²) in [6.45, 7) is 3.06. The van der Waals surface area contributed by atoms with Gasteiger partial charge in [0.15, 0.2) is 0 Å². The van der Waals surface area contributed by atoms with E-state index < -0.39 is 0 Å². The molecule has 0 fully saturated rings. The summed E-state index contributed by atoms with van der Waals surface area (Å²) < 4.78 is 0. The fraction of sp³-hybridized carbons (Fsp3) is 0.364. The summed E-state index contributed by atoms with van der Waals surface area (Å²) in [5, 5.41) is 3.41. The number of imidazole rings is 1. The van der Waals surface area contributed by atoms with E-state index in [1.165, 1.54) is 6.33 Å². The average molecular weight is 217 g/mol. The van der Waals surface area contributed by atoms with E-state index in [2.05, 4.69) is 32.2 Å². The highest BCUT2D eigenvalue weighted by molar-refractivity contribution is 5.18. The van der Waals surface area contributed by atoms with Crippen molar-refractivity contribution < 1.29 is 0 Å². The Balaban J connectivity index is 2.21. The van der Waals surface area contributed by atoms with Crippen LogP contribution in [-0.2, 0) is 0 Å². The van der Waals surface area contributed by atoms with Crippen LogP contribution >= 0.6 is 0 Å². The van der Waals surface area contributed by atoms with Gasteiger partial charge in [-0.2, -0.15) is 0 Å². The van der Waals surface area contributed by atoms with Crippen LogP contribution in [0.1, 0.15) is 30.8 Å². The molecular weight excluding hydrogens is 202 g/mol. The number of H-pyrrole nitrogens is 1. The van der Waals surface area contributed by atoms with Crippen molar-refractivity contribution in [3.8, 4) is 0 Å². The molecule has 1 unspecified atom stereocenters. The van der Waals surface area contributed by atoms with Crippen molar-refractivity contribution in [3.05, 3.63) is 42.5 Å². The smallest absolute Gasteiger partial charge is 0.127 e. The number of nitrogens with zero attached hydrogens (tertiary/aromatic N) is 3. The quantitative estimate of drug-likeness (QED) is 0.792. The predicted molar refractivity (Wildman–Crippen MR) is 60.8 cm³/mol. The number of hydrogen-bond acceptors (Lipinski definition) is 4. The fourth-order valence-electron chi connectivity index (χ4n) is 1.56. The maximum atomic E-state index is 4.27. The molecule has 16 heavy (non-hydrogen) atoms. The van der Waals surface area contributed by atoms with Gasteiger partial charge in [-0.3, -0.25) is 0 Å². The molecule has 0 saturated carbocycles. The Labute approximate surface area is 94.4 Å². The summed E-state index contributed by atoms with van der Waals surface area (Å²) in [5.41, 5.74) is 1.02. The molecule has 5 heteroatoms. The van der Waals surface area contributed by atoms with Crippen molar-refractivity contribution in [2.24, 2.45) is 0 Å². The molecule has 2 aromatic rings. The van der Waals surface area contributed by atoms with E-state index in [1.54, 1.807) is 6.20 Å². The van der Waals surface area contributed by atoms with Crippen LogP contribution in [0.25, 0.3) is 0 Å². The molecule has 2 N–H and O–H groups in total. The average Bonchev–Trinajstić information content (AvgIpc) is 2.85. The highest BCUT2D eigenvalue weighted by atomic mass is 15.0. The van der Waals surface area contributed by atoms with Gasteiger partial charge in [0.25, 0.3) is 0 Å². The van der Waals surface area contributed by atoms with E-state index in [4.69, 9.17) is 0 Å². The minimum Gasteiger partial charge on any atom is -0.347 e. The summed E-state index contributed by atoms with van der Waals surface area (Å²) in [7, 11) is 0. The van der Waals surface area contributed by atoms with Gasteiger partial charge in [0, 0.05) is 30.4 Å². The van der Waals surface area contributed by atoms with Gasteiger partial charge in [-0.25, -0.2) is 15.0 Å². The van der Waals surface area contributed by atoms with Crippen LogP contribution in [0.3, 0.4) is 0 Å². The Kier molecular flexibility index (Phi) is 3.61. The second-order valence-electron chi connectivity index (χ2n) is 3.53. The first-order valence-electron chi connectivity index (χ1n) is 5.39. The molecule has 2 aromatic heterocycles. The van der Waals surface area contributed by atoms with E-state index in [0.717, 1.165) is 24.4 Å². The Bertz CT molecular complexity index is 398. The molecule has 0 amide bonds. The lowest BCUT2D eigenvalue weighted by molar-refractivity contribution is 0.573. The van der Waals surface area contributed by atoms with Crippen LogP contribution in [0.4, 0.5) is 0 Å². The van der Waals surface area contributed by atoms with Gasteiger partial charge in [0.05, 0.1) is 6.04 Å². The third-order valence-corrected chi connectivity index (χ3v) is 2.31. The van der Waals surface area contributed by atoms with Gasteiger partial charge in [-0.15, -0.1) is 0 Å². The molecule has 1 atom stereocenters. The number of nitrogens with one attached hydrogen (secondary N) is 2. The first kappa shape index (κ1) is 10.8. The zero-order valence-electron chi connectivity index (χ0n) is 9.22. The Hall–Kier alpha value is -1.75. The number of aromatic amines is 1. The number of rotatable bonds is 5. The van der Waals surface area contributed by atoms with Crippen LogP contribution < -0.4 is 5.32 Å². The molecule has 0 saturated heterocycles. The maximum absolute atomic E-state index is 4.27. The third-order valence-electron chi connectivity index (χ3n) is 2.31. The van der Waals surface area contributed by atoms with Crippen molar-refractivity contribution in [1.82, 2.24) is 25.3 Å². The maximum Gasteiger partial charge on any atom is 0.127 e. The third kappa shape index (κ3) is 2.43. The van der Waals surface area contributed by atoms with E-state index in [9.17, 15) is 0 Å². The highest BCUT2D eigenvalue weighted by Crippen LogP contribution is 2.16. The molecule has 0 aromatic carbocycles.